The van der Waals surface area contributed by atoms with Crippen molar-refractivity contribution in [2.75, 3.05) is 6.54 Å². The smallest absolute Gasteiger partial charge is 0.315 e. The van der Waals surface area contributed by atoms with E-state index in [1.807, 2.05) is 41.5 Å². The van der Waals surface area contributed by atoms with Crippen LogP contribution in [0.4, 0.5) is 4.79 Å². The molecule has 3 unspecified atom stereocenters. The number of hydrogen-bond acceptors (Lipinski definition) is 5. The lowest BCUT2D eigenvalue weighted by Gasteiger charge is -2.38. The van der Waals surface area contributed by atoms with E-state index < -0.39 is 52.7 Å². The maximum Gasteiger partial charge on any atom is 0.315 e. The summed E-state index contributed by atoms with van der Waals surface area (Å²) < 4.78 is 0. The van der Waals surface area contributed by atoms with Gasteiger partial charge in [0.05, 0.1) is 6.04 Å². The number of ketones is 1. The molecule has 2 aliphatic carbocycles. The number of rotatable bonds is 8. The van der Waals surface area contributed by atoms with Crippen molar-refractivity contribution in [3.05, 3.63) is 0 Å². The molecule has 0 bridgehead atoms. The fraction of sp³-hybridized carbons (Fsp3) is 0.815. The SMILES string of the molecule is CC(C)(C)NC(=O)NC(C(=O)N1C[C@@H]2[C@H](C1C(=O)NC(CC1CCC1)C(=O)C(N)=O)C2(C)C)C(C)(C)C. The number of piperidine rings is 1. The predicted molar refractivity (Wildman–Crippen MR) is 139 cm³/mol. The summed E-state index contributed by atoms with van der Waals surface area (Å²) in [6.45, 7) is 15.7. The quantitative estimate of drug-likeness (QED) is 0.360. The van der Waals surface area contributed by atoms with Gasteiger partial charge in [0, 0.05) is 12.1 Å². The van der Waals surface area contributed by atoms with Crippen LogP contribution in [0.25, 0.3) is 0 Å². The van der Waals surface area contributed by atoms with E-state index in [0.29, 0.717) is 13.0 Å². The molecule has 10 nitrogen and oxygen atoms in total. The number of nitrogens with zero attached hydrogens (tertiary/aromatic N) is 1. The summed E-state index contributed by atoms with van der Waals surface area (Å²) in [5.74, 6) is -2.35. The molecule has 0 radical (unpaired) electrons. The third kappa shape index (κ3) is 6.26. The van der Waals surface area contributed by atoms with Crippen LogP contribution in [0.2, 0.25) is 0 Å². The van der Waals surface area contributed by atoms with Crippen LogP contribution in [0.5, 0.6) is 0 Å². The third-order valence-electron chi connectivity index (χ3n) is 8.31. The first-order valence-corrected chi connectivity index (χ1v) is 13.4. The van der Waals surface area contributed by atoms with Gasteiger partial charge in [-0.1, -0.05) is 53.9 Å². The molecule has 10 heteroatoms. The van der Waals surface area contributed by atoms with Crippen molar-refractivity contribution in [1.29, 1.82) is 0 Å². The molecule has 0 spiro atoms. The van der Waals surface area contributed by atoms with Crippen molar-refractivity contribution in [2.24, 2.45) is 34.3 Å². The molecule has 5 atom stereocenters. The lowest BCUT2D eigenvalue weighted by Crippen LogP contribution is -2.62. The Morgan fingerprint density at radius 2 is 1.59 bits per heavy atom. The lowest BCUT2D eigenvalue weighted by molar-refractivity contribution is -0.145. The Morgan fingerprint density at radius 1 is 1.00 bits per heavy atom. The number of nitrogens with one attached hydrogen (secondary N) is 3. The van der Waals surface area contributed by atoms with Crippen LogP contribution in [0.1, 0.15) is 81.1 Å². The Kier molecular flexibility index (Phi) is 7.74. The second kappa shape index (κ2) is 9.91. The molecule has 3 fully saturated rings. The first-order valence-electron chi connectivity index (χ1n) is 13.4. The van der Waals surface area contributed by atoms with Crippen molar-refractivity contribution < 1.29 is 24.0 Å². The number of urea groups is 1. The summed E-state index contributed by atoms with van der Waals surface area (Å²) in [6, 6.07) is -3.13. The van der Waals surface area contributed by atoms with Crippen LogP contribution in [0.15, 0.2) is 0 Å². The molecule has 1 saturated heterocycles. The van der Waals surface area contributed by atoms with Crippen LogP contribution < -0.4 is 21.7 Å². The minimum Gasteiger partial charge on any atom is -0.363 e. The molecule has 0 aromatic rings. The van der Waals surface area contributed by atoms with Crippen LogP contribution >= 0.6 is 0 Å². The Bertz CT molecular complexity index is 959. The van der Waals surface area contributed by atoms with Gasteiger partial charge < -0.3 is 26.6 Å². The zero-order valence-electron chi connectivity index (χ0n) is 23.6. The fourth-order valence-electron chi connectivity index (χ4n) is 5.86. The number of amides is 5. The summed E-state index contributed by atoms with van der Waals surface area (Å²) in [5, 5.41) is 8.44. The van der Waals surface area contributed by atoms with Gasteiger partial charge >= 0.3 is 6.03 Å². The van der Waals surface area contributed by atoms with E-state index in [0.717, 1.165) is 19.3 Å². The number of primary amides is 1. The van der Waals surface area contributed by atoms with E-state index in [2.05, 4.69) is 29.8 Å². The van der Waals surface area contributed by atoms with E-state index in [-0.39, 0.29) is 29.1 Å². The summed E-state index contributed by atoms with van der Waals surface area (Å²) >= 11 is 0. The van der Waals surface area contributed by atoms with E-state index in [1.165, 1.54) is 0 Å². The van der Waals surface area contributed by atoms with Crippen molar-refractivity contribution in [1.82, 2.24) is 20.9 Å². The minimum atomic E-state index is -1.07. The number of fused-ring (bicyclic) bond motifs is 1. The van der Waals surface area contributed by atoms with Crippen LogP contribution in [0, 0.1) is 28.6 Å². The highest BCUT2D eigenvalue weighted by Crippen LogP contribution is 2.65. The summed E-state index contributed by atoms with van der Waals surface area (Å²) in [4.78, 5) is 66.1. The number of hydrogen-bond donors (Lipinski definition) is 4. The topological polar surface area (TPSA) is 151 Å². The van der Waals surface area contributed by atoms with Crippen molar-refractivity contribution in [3.8, 4) is 0 Å². The molecule has 5 amide bonds. The number of carbonyl (C=O) groups is 5. The second-order valence-electron chi connectivity index (χ2n) is 13.9. The van der Waals surface area contributed by atoms with Gasteiger partial charge in [-0.25, -0.2) is 4.79 Å². The molecule has 208 valence electrons. The van der Waals surface area contributed by atoms with E-state index >= 15 is 0 Å². The summed E-state index contributed by atoms with van der Waals surface area (Å²) in [5.41, 5.74) is 4.04. The molecule has 5 N–H and O–H groups in total. The Balaban J connectivity index is 1.83. The zero-order valence-corrected chi connectivity index (χ0v) is 23.6. The van der Waals surface area contributed by atoms with Gasteiger partial charge in [-0.2, -0.15) is 0 Å². The highest BCUT2D eigenvalue weighted by molar-refractivity contribution is 6.37. The van der Waals surface area contributed by atoms with Gasteiger partial charge in [0.2, 0.25) is 17.6 Å². The zero-order chi connectivity index (χ0) is 28.1. The second-order valence-corrected chi connectivity index (χ2v) is 13.9. The standard InChI is InChI=1S/C27H45N5O5/c1-25(2,3)20(30-24(37)31-26(4,5)6)23(36)32-13-15-17(27(15,7)8)18(32)22(35)29-16(19(33)21(28)34)12-14-10-9-11-14/h14-18,20H,9-13H2,1-8H3,(H2,28,34)(H,29,35)(H2,30,31,37)/t15-,16?,17-,18?,20?/m1/s1. The molecule has 0 aromatic carbocycles. The maximum absolute atomic E-state index is 13.9. The molecular weight excluding hydrogens is 474 g/mol. The first-order chi connectivity index (χ1) is 16.8. The van der Waals surface area contributed by atoms with Crippen molar-refractivity contribution in [2.45, 2.75) is 105 Å². The Morgan fingerprint density at radius 3 is 2.05 bits per heavy atom. The highest BCUT2D eigenvalue weighted by Gasteiger charge is 2.70. The maximum atomic E-state index is 13.9. The monoisotopic (exact) mass is 519 g/mol. The Hall–Kier alpha value is -2.65. The molecule has 1 heterocycles. The number of carbonyl (C=O) groups excluding carboxylic acids is 5. The normalized spacial score (nSPS) is 26.3. The van der Waals surface area contributed by atoms with E-state index in [9.17, 15) is 24.0 Å². The number of Topliss-reactive ketones (excluding diaryl/α,β-unsaturated/α-hetero) is 1. The van der Waals surface area contributed by atoms with Crippen LogP contribution in [0.3, 0.4) is 0 Å². The average molecular weight is 520 g/mol. The summed E-state index contributed by atoms with van der Waals surface area (Å²) in [7, 11) is 0. The van der Waals surface area contributed by atoms with Crippen LogP contribution in [-0.4, -0.2) is 64.6 Å². The van der Waals surface area contributed by atoms with Gasteiger partial charge in [0.25, 0.3) is 5.91 Å². The van der Waals surface area contributed by atoms with Crippen molar-refractivity contribution >= 4 is 29.5 Å². The highest BCUT2D eigenvalue weighted by atomic mass is 16.2. The van der Waals surface area contributed by atoms with Gasteiger partial charge in [0.1, 0.15) is 12.1 Å². The summed E-state index contributed by atoms with van der Waals surface area (Å²) in [6.07, 6.45) is 3.31. The molecule has 37 heavy (non-hydrogen) atoms. The van der Waals surface area contributed by atoms with Gasteiger partial charge in [-0.15, -0.1) is 0 Å². The third-order valence-corrected chi connectivity index (χ3v) is 8.31. The van der Waals surface area contributed by atoms with E-state index in [1.54, 1.807) is 4.90 Å². The van der Waals surface area contributed by atoms with Gasteiger partial charge in [-0.05, 0) is 55.8 Å². The largest absolute Gasteiger partial charge is 0.363 e. The fourth-order valence-corrected chi connectivity index (χ4v) is 5.86. The molecule has 3 rings (SSSR count). The molecular formula is C27H45N5O5. The number of likely N-dealkylation sites (tertiary alicyclic amines) is 1. The molecule has 1 aliphatic heterocycles. The minimum absolute atomic E-state index is 0.0755. The van der Waals surface area contributed by atoms with Crippen LogP contribution in [-0.2, 0) is 19.2 Å². The van der Waals surface area contributed by atoms with Crippen molar-refractivity contribution in [3.63, 3.8) is 0 Å². The Labute approximate surface area is 220 Å². The number of nitrogens with two attached hydrogens (primary N) is 1. The lowest BCUT2D eigenvalue weighted by atomic mass is 9.80. The first kappa shape index (κ1) is 28.9. The molecule has 0 aromatic heterocycles. The van der Waals surface area contributed by atoms with Gasteiger partial charge in [0.15, 0.2) is 0 Å². The average Bonchev–Trinajstić information content (AvgIpc) is 3.06. The van der Waals surface area contributed by atoms with Gasteiger partial charge in [-0.3, -0.25) is 19.2 Å². The van der Waals surface area contributed by atoms with E-state index in [4.69, 9.17) is 5.73 Å². The molecule has 2 saturated carbocycles. The predicted octanol–water partition coefficient (Wildman–Crippen LogP) is 1.71. The molecule has 3 aliphatic rings.